The second-order valence-electron chi connectivity index (χ2n) is 9.40. The van der Waals surface area contributed by atoms with Gasteiger partial charge in [-0.15, -0.1) is 0 Å². The van der Waals surface area contributed by atoms with Gasteiger partial charge >= 0.3 is 6.03 Å². The van der Waals surface area contributed by atoms with Crippen LogP contribution in [0.1, 0.15) is 46.9 Å². The minimum atomic E-state index is -0.425. The number of fused-ring (bicyclic) bond motifs is 2. The Morgan fingerprint density at radius 1 is 0.941 bits per heavy atom. The summed E-state index contributed by atoms with van der Waals surface area (Å²) in [7, 11) is 0. The number of carbonyl (C=O) groups is 2. The molecule has 1 atom stereocenters. The second kappa shape index (κ2) is 9.29. The Morgan fingerprint density at radius 3 is 2.44 bits per heavy atom. The van der Waals surface area contributed by atoms with Gasteiger partial charge in [0, 0.05) is 31.6 Å². The monoisotopic (exact) mass is 454 g/mol. The number of rotatable bonds is 2. The van der Waals surface area contributed by atoms with E-state index in [4.69, 9.17) is 10.7 Å². The van der Waals surface area contributed by atoms with Gasteiger partial charge < -0.3 is 15.5 Å². The molecule has 3 aromatic rings. The van der Waals surface area contributed by atoms with Gasteiger partial charge in [-0.05, 0) is 54.0 Å². The summed E-state index contributed by atoms with van der Waals surface area (Å²) in [5.74, 6) is 0.431. The summed E-state index contributed by atoms with van der Waals surface area (Å²) in [5.41, 5.74) is 11.4. The molecule has 0 saturated carbocycles. The number of pyridine rings is 1. The normalized spacial score (nSPS) is 19.7. The number of primary amides is 1. The predicted octanol–water partition coefficient (Wildman–Crippen LogP) is 4.58. The van der Waals surface area contributed by atoms with Crippen molar-refractivity contribution in [3.8, 4) is 0 Å². The van der Waals surface area contributed by atoms with E-state index in [-0.39, 0.29) is 5.91 Å². The zero-order chi connectivity index (χ0) is 23.7. The van der Waals surface area contributed by atoms with E-state index < -0.39 is 6.03 Å². The SMILES string of the molecule is CC1CC(=Cc2ccccc2)c2nc3ccccc3c(C(=O)N3CCCN(C(N)=O)CC3)c2C1. The summed E-state index contributed by atoms with van der Waals surface area (Å²) in [6.07, 6.45) is 4.68. The molecule has 2 N–H and O–H groups in total. The van der Waals surface area contributed by atoms with Gasteiger partial charge in [-0.2, -0.15) is 0 Å². The zero-order valence-electron chi connectivity index (χ0n) is 19.5. The number of amides is 3. The van der Waals surface area contributed by atoms with E-state index in [1.54, 1.807) is 4.90 Å². The number of allylic oxidation sites excluding steroid dienone is 1. The molecule has 5 rings (SSSR count). The van der Waals surface area contributed by atoms with Crippen molar-refractivity contribution < 1.29 is 9.59 Å². The van der Waals surface area contributed by atoms with Crippen molar-refractivity contribution in [2.75, 3.05) is 26.2 Å². The minimum Gasteiger partial charge on any atom is -0.351 e. The molecule has 1 aromatic heterocycles. The van der Waals surface area contributed by atoms with Gasteiger partial charge in [0.05, 0.1) is 16.8 Å². The number of aromatic nitrogens is 1. The van der Waals surface area contributed by atoms with Gasteiger partial charge in [-0.3, -0.25) is 4.79 Å². The smallest absolute Gasteiger partial charge is 0.314 e. The first-order chi connectivity index (χ1) is 16.5. The van der Waals surface area contributed by atoms with E-state index in [1.165, 1.54) is 5.57 Å². The lowest BCUT2D eigenvalue weighted by Crippen LogP contribution is -2.40. The highest BCUT2D eigenvalue weighted by atomic mass is 16.2. The molecule has 0 bridgehead atoms. The molecule has 0 spiro atoms. The molecule has 1 aliphatic carbocycles. The van der Waals surface area contributed by atoms with Crippen LogP contribution in [0.25, 0.3) is 22.6 Å². The van der Waals surface area contributed by atoms with Crippen LogP contribution < -0.4 is 5.73 Å². The largest absolute Gasteiger partial charge is 0.351 e. The van der Waals surface area contributed by atoms with Gasteiger partial charge in [0.1, 0.15) is 0 Å². The van der Waals surface area contributed by atoms with Gasteiger partial charge in [0.15, 0.2) is 0 Å². The average Bonchev–Trinajstić information content (AvgIpc) is 3.10. The molecule has 1 saturated heterocycles. The van der Waals surface area contributed by atoms with Crippen molar-refractivity contribution in [3.63, 3.8) is 0 Å². The average molecular weight is 455 g/mol. The molecular weight excluding hydrogens is 424 g/mol. The van der Waals surface area contributed by atoms with E-state index in [1.807, 2.05) is 47.4 Å². The van der Waals surface area contributed by atoms with E-state index in [0.717, 1.165) is 52.5 Å². The number of nitrogens with two attached hydrogens (primary N) is 1. The minimum absolute atomic E-state index is 0.0225. The first-order valence-corrected chi connectivity index (χ1v) is 12.0. The van der Waals surface area contributed by atoms with Crippen molar-refractivity contribution in [3.05, 3.63) is 77.0 Å². The number of para-hydroxylation sites is 1. The van der Waals surface area contributed by atoms with Crippen molar-refractivity contribution in [2.45, 2.75) is 26.2 Å². The molecule has 6 heteroatoms. The lowest BCUT2D eigenvalue weighted by Gasteiger charge is -2.29. The molecule has 1 aliphatic heterocycles. The van der Waals surface area contributed by atoms with Crippen LogP contribution in [0.2, 0.25) is 0 Å². The molecular formula is C28H30N4O2. The van der Waals surface area contributed by atoms with Crippen molar-refractivity contribution in [1.29, 1.82) is 0 Å². The molecule has 2 heterocycles. The first-order valence-electron chi connectivity index (χ1n) is 12.0. The second-order valence-corrected chi connectivity index (χ2v) is 9.40. The van der Waals surface area contributed by atoms with E-state index in [2.05, 4.69) is 25.1 Å². The van der Waals surface area contributed by atoms with Crippen LogP contribution in [0.4, 0.5) is 4.79 Å². The maximum absolute atomic E-state index is 14.0. The van der Waals surface area contributed by atoms with Gasteiger partial charge in [0.2, 0.25) is 0 Å². The molecule has 2 aliphatic rings. The van der Waals surface area contributed by atoms with Gasteiger partial charge in [0.25, 0.3) is 5.91 Å². The third-order valence-corrected chi connectivity index (χ3v) is 6.87. The fourth-order valence-electron chi connectivity index (χ4n) is 5.23. The molecule has 1 fully saturated rings. The predicted molar refractivity (Wildman–Crippen MR) is 135 cm³/mol. The van der Waals surface area contributed by atoms with Crippen LogP contribution in [0.15, 0.2) is 54.6 Å². The highest BCUT2D eigenvalue weighted by Gasteiger charge is 2.31. The summed E-state index contributed by atoms with van der Waals surface area (Å²) in [6.45, 7) is 4.37. The molecule has 3 amide bonds. The topological polar surface area (TPSA) is 79.5 Å². The van der Waals surface area contributed by atoms with E-state index in [0.29, 0.717) is 32.1 Å². The number of hydrogen-bond donors (Lipinski definition) is 1. The van der Waals surface area contributed by atoms with Gasteiger partial charge in [-0.25, -0.2) is 9.78 Å². The Balaban J connectivity index is 1.62. The van der Waals surface area contributed by atoms with Gasteiger partial charge in [-0.1, -0.05) is 55.5 Å². The highest BCUT2D eigenvalue weighted by molar-refractivity contribution is 6.09. The fourth-order valence-corrected chi connectivity index (χ4v) is 5.23. The molecule has 2 aromatic carbocycles. The Hall–Kier alpha value is -3.67. The summed E-state index contributed by atoms with van der Waals surface area (Å²) >= 11 is 0. The Kier molecular flexibility index (Phi) is 6.05. The Morgan fingerprint density at radius 2 is 1.65 bits per heavy atom. The third-order valence-electron chi connectivity index (χ3n) is 6.87. The lowest BCUT2D eigenvalue weighted by atomic mass is 9.80. The fraction of sp³-hybridized carbons (Fsp3) is 0.321. The van der Waals surface area contributed by atoms with E-state index >= 15 is 0 Å². The third kappa shape index (κ3) is 4.28. The molecule has 34 heavy (non-hydrogen) atoms. The summed E-state index contributed by atoms with van der Waals surface area (Å²) < 4.78 is 0. The van der Waals surface area contributed by atoms with Crippen LogP contribution in [0.3, 0.4) is 0 Å². The number of benzene rings is 2. The summed E-state index contributed by atoms with van der Waals surface area (Å²) in [4.78, 5) is 34.3. The lowest BCUT2D eigenvalue weighted by molar-refractivity contribution is 0.0763. The van der Waals surface area contributed by atoms with Crippen LogP contribution in [-0.2, 0) is 6.42 Å². The highest BCUT2D eigenvalue weighted by Crippen LogP contribution is 2.39. The van der Waals surface area contributed by atoms with Crippen LogP contribution in [-0.4, -0.2) is 52.9 Å². The number of nitrogens with zero attached hydrogens (tertiary/aromatic N) is 3. The van der Waals surface area contributed by atoms with Crippen molar-refractivity contribution >= 4 is 34.5 Å². The molecule has 0 radical (unpaired) electrons. The molecule has 174 valence electrons. The summed E-state index contributed by atoms with van der Waals surface area (Å²) in [6, 6.07) is 17.8. The van der Waals surface area contributed by atoms with Crippen LogP contribution >= 0.6 is 0 Å². The molecule has 1 unspecified atom stereocenters. The number of hydrogen-bond acceptors (Lipinski definition) is 3. The van der Waals surface area contributed by atoms with E-state index in [9.17, 15) is 9.59 Å². The maximum Gasteiger partial charge on any atom is 0.314 e. The first kappa shape index (κ1) is 22.1. The summed E-state index contributed by atoms with van der Waals surface area (Å²) in [5, 5.41) is 0.899. The molecule has 6 nitrogen and oxygen atoms in total. The maximum atomic E-state index is 14.0. The quantitative estimate of drug-likeness (QED) is 0.615. The van der Waals surface area contributed by atoms with Crippen molar-refractivity contribution in [2.24, 2.45) is 11.7 Å². The van der Waals surface area contributed by atoms with Crippen LogP contribution in [0, 0.1) is 5.92 Å². The standard InChI is InChI=1S/C28H30N4O2/c1-19-16-21(18-20-8-3-2-4-9-20)26-23(17-19)25(22-10-5-6-11-24(22)30-26)27(33)31-12-7-13-32(15-14-31)28(29)34/h2-6,8-11,18-19H,7,12-17H2,1H3,(H2,29,34). The van der Waals surface area contributed by atoms with Crippen LogP contribution in [0.5, 0.6) is 0 Å². The Bertz CT molecular complexity index is 1270. The zero-order valence-corrected chi connectivity index (χ0v) is 19.5. The number of urea groups is 1. The Labute approximate surface area is 200 Å². The van der Waals surface area contributed by atoms with Crippen molar-refractivity contribution in [1.82, 2.24) is 14.8 Å². The number of carbonyl (C=O) groups excluding carboxylic acids is 2.